The van der Waals surface area contributed by atoms with Crippen LogP contribution in [0, 0.1) is 5.92 Å². The molecule has 0 aliphatic heterocycles. The molecule has 0 spiro atoms. The second-order valence-electron chi connectivity index (χ2n) is 4.64. The molecule has 0 aromatic carbocycles. The summed E-state index contributed by atoms with van der Waals surface area (Å²) in [6.07, 6.45) is 9.01. The van der Waals surface area contributed by atoms with Crippen molar-refractivity contribution >= 4 is 7.82 Å². The monoisotopic (exact) mass is 330 g/mol. The number of rotatable bonds is 11. The Morgan fingerprint density at radius 3 is 2.06 bits per heavy atom. The molecule has 0 amide bonds. The number of phosphoric ester groups is 1. The predicted octanol–water partition coefficient (Wildman–Crippen LogP) is 3.87. The zero-order valence-electron chi connectivity index (χ0n) is 11.8. The normalized spacial score (nSPS) is 13.1. The van der Waals surface area contributed by atoms with E-state index >= 15 is 0 Å². The van der Waals surface area contributed by atoms with E-state index in [9.17, 15) is 4.57 Å². The van der Waals surface area contributed by atoms with Gasteiger partial charge in [-0.1, -0.05) is 52.4 Å². The first kappa shape index (κ1) is 21.0. The molecular weight excluding hydrogens is 304 g/mol. The third kappa shape index (κ3) is 14.8. The third-order valence-electron chi connectivity index (χ3n) is 2.91. The van der Waals surface area contributed by atoms with Gasteiger partial charge >= 0.3 is 7.82 Å². The van der Waals surface area contributed by atoms with Gasteiger partial charge in [-0.3, -0.25) is 4.52 Å². The molecule has 106 valence electrons. The van der Waals surface area contributed by atoms with Gasteiger partial charge in [0.05, 0.1) is 6.61 Å². The summed E-state index contributed by atoms with van der Waals surface area (Å²) < 4.78 is 15.3. The molecule has 0 aromatic rings. The summed E-state index contributed by atoms with van der Waals surface area (Å²) in [5.74, 6) is 0.291. The van der Waals surface area contributed by atoms with Crippen LogP contribution in [0.3, 0.4) is 0 Å². The maximum Gasteiger partial charge on any atom is 0.469 e. The van der Waals surface area contributed by atoms with Crippen LogP contribution >= 0.6 is 7.82 Å². The fourth-order valence-electron chi connectivity index (χ4n) is 1.87. The van der Waals surface area contributed by atoms with Crippen LogP contribution in [0.1, 0.15) is 65.2 Å². The first-order valence-corrected chi connectivity index (χ1v) is 8.22. The van der Waals surface area contributed by atoms with Crippen LogP contribution in [0.2, 0.25) is 0 Å². The average molecular weight is 332 g/mol. The largest absolute Gasteiger partial charge is 0.469 e. The second kappa shape index (κ2) is 12.8. The van der Waals surface area contributed by atoms with E-state index in [4.69, 9.17) is 9.79 Å². The summed E-state index contributed by atoms with van der Waals surface area (Å²) in [6, 6.07) is 0. The summed E-state index contributed by atoms with van der Waals surface area (Å²) in [5, 5.41) is 0. The van der Waals surface area contributed by atoms with E-state index in [0.717, 1.165) is 32.1 Å². The minimum atomic E-state index is -4.30. The molecule has 4 nitrogen and oxygen atoms in total. The first-order chi connectivity index (χ1) is 7.99. The van der Waals surface area contributed by atoms with Crippen LogP contribution in [-0.4, -0.2) is 16.4 Å². The van der Waals surface area contributed by atoms with Crippen molar-refractivity contribution in [3.63, 3.8) is 0 Å². The number of unbranched alkanes of at least 4 members (excludes halogenated alkanes) is 4. The van der Waals surface area contributed by atoms with Crippen LogP contribution in [0.5, 0.6) is 0 Å². The van der Waals surface area contributed by atoms with Crippen LogP contribution in [0.4, 0.5) is 0 Å². The molecule has 0 heterocycles. The SMILES string of the molecule is CCCCCCC(CCCC)COP(=O)(O)O.[Zn]. The van der Waals surface area contributed by atoms with Gasteiger partial charge in [0.15, 0.2) is 0 Å². The van der Waals surface area contributed by atoms with Crippen molar-refractivity contribution in [2.75, 3.05) is 6.61 Å². The van der Waals surface area contributed by atoms with Gasteiger partial charge < -0.3 is 9.79 Å². The summed E-state index contributed by atoms with van der Waals surface area (Å²) >= 11 is 0. The average Bonchev–Trinajstić information content (AvgIpc) is 2.25. The minimum Gasteiger partial charge on any atom is -0.303 e. The molecule has 0 bridgehead atoms. The Balaban J connectivity index is 0. The molecule has 6 heteroatoms. The molecule has 2 N–H and O–H groups in total. The quantitative estimate of drug-likeness (QED) is 0.342. The first-order valence-electron chi connectivity index (χ1n) is 6.69. The minimum absolute atomic E-state index is 0. The summed E-state index contributed by atoms with van der Waals surface area (Å²) in [6.45, 7) is 4.49. The van der Waals surface area contributed by atoms with E-state index in [1.807, 2.05) is 0 Å². The van der Waals surface area contributed by atoms with Crippen molar-refractivity contribution in [2.24, 2.45) is 5.92 Å². The van der Waals surface area contributed by atoms with E-state index in [1.54, 1.807) is 0 Å². The van der Waals surface area contributed by atoms with E-state index in [1.165, 1.54) is 19.3 Å². The van der Waals surface area contributed by atoms with E-state index in [2.05, 4.69) is 18.4 Å². The van der Waals surface area contributed by atoms with Gasteiger partial charge in [0.2, 0.25) is 0 Å². The standard InChI is InChI=1S/C12H27O4P.Zn/c1-3-5-7-8-10-12(9-6-4-2)11-16-17(13,14)15;/h12H,3-11H2,1-2H3,(H2,13,14,15);. The maximum absolute atomic E-state index is 10.7. The predicted molar refractivity (Wildman–Crippen MR) is 69.8 cm³/mol. The molecule has 0 saturated carbocycles. The Morgan fingerprint density at radius 1 is 1.00 bits per heavy atom. The van der Waals surface area contributed by atoms with Crippen LogP contribution < -0.4 is 0 Å². The van der Waals surface area contributed by atoms with E-state index in [0.29, 0.717) is 5.92 Å². The number of hydrogen-bond acceptors (Lipinski definition) is 2. The molecule has 18 heavy (non-hydrogen) atoms. The molecule has 0 aromatic heterocycles. The fourth-order valence-corrected chi connectivity index (χ4v) is 2.27. The van der Waals surface area contributed by atoms with Gasteiger partial charge in [0.1, 0.15) is 0 Å². The molecule has 0 aliphatic carbocycles. The van der Waals surface area contributed by atoms with E-state index in [-0.39, 0.29) is 26.1 Å². The van der Waals surface area contributed by atoms with Crippen molar-refractivity contribution in [3.8, 4) is 0 Å². The van der Waals surface area contributed by atoms with Gasteiger partial charge in [-0.25, -0.2) is 4.57 Å². The Kier molecular flexibility index (Phi) is 14.9. The molecular formula is C12H27O4PZn. The molecule has 0 fully saturated rings. The van der Waals surface area contributed by atoms with Gasteiger partial charge in [-0.05, 0) is 18.8 Å². The number of phosphoric acid groups is 1. The third-order valence-corrected chi connectivity index (χ3v) is 3.40. The Bertz CT molecular complexity index is 220. The van der Waals surface area contributed by atoms with Crippen molar-refractivity contribution in [1.29, 1.82) is 0 Å². The van der Waals surface area contributed by atoms with Crippen LogP contribution in [-0.2, 0) is 28.6 Å². The smallest absolute Gasteiger partial charge is 0.303 e. The molecule has 0 aliphatic rings. The Morgan fingerprint density at radius 2 is 1.56 bits per heavy atom. The Hall–Kier alpha value is 0.733. The summed E-state index contributed by atoms with van der Waals surface area (Å²) in [7, 11) is -4.30. The molecule has 0 radical (unpaired) electrons. The van der Waals surface area contributed by atoms with Crippen LogP contribution in [0.25, 0.3) is 0 Å². The summed E-state index contributed by atoms with van der Waals surface area (Å²) in [5.41, 5.74) is 0. The van der Waals surface area contributed by atoms with Gasteiger partial charge in [0.25, 0.3) is 0 Å². The number of hydrogen-bond donors (Lipinski definition) is 2. The molecule has 0 saturated heterocycles. The summed E-state index contributed by atoms with van der Waals surface area (Å²) in [4.78, 5) is 17.4. The zero-order valence-corrected chi connectivity index (χ0v) is 15.7. The Labute approximate surface area is 124 Å². The zero-order chi connectivity index (χ0) is 13.1. The molecule has 0 rings (SSSR count). The van der Waals surface area contributed by atoms with Crippen molar-refractivity contribution in [3.05, 3.63) is 0 Å². The van der Waals surface area contributed by atoms with Crippen LogP contribution in [0.15, 0.2) is 0 Å². The second-order valence-corrected chi connectivity index (χ2v) is 5.88. The van der Waals surface area contributed by atoms with Crippen molar-refractivity contribution in [2.45, 2.75) is 65.2 Å². The van der Waals surface area contributed by atoms with Gasteiger partial charge in [-0.15, -0.1) is 0 Å². The topological polar surface area (TPSA) is 66.8 Å². The van der Waals surface area contributed by atoms with E-state index < -0.39 is 7.82 Å². The molecule has 1 unspecified atom stereocenters. The van der Waals surface area contributed by atoms with Gasteiger partial charge in [0, 0.05) is 19.5 Å². The molecule has 1 atom stereocenters. The van der Waals surface area contributed by atoms with Crippen molar-refractivity contribution < 1.29 is 38.4 Å². The maximum atomic E-state index is 10.7. The van der Waals surface area contributed by atoms with Gasteiger partial charge in [-0.2, -0.15) is 0 Å². The van der Waals surface area contributed by atoms with Crippen molar-refractivity contribution in [1.82, 2.24) is 0 Å². The fraction of sp³-hybridized carbons (Fsp3) is 1.00.